The number of hydrogen-bond donors (Lipinski definition) is 2. The molecule has 154 valence electrons. The highest BCUT2D eigenvalue weighted by Crippen LogP contribution is 2.31. The highest BCUT2D eigenvalue weighted by molar-refractivity contribution is 7.98. The normalized spacial score (nSPS) is 13.8. The number of ether oxygens (including phenoxy) is 1. The number of rotatable bonds is 5. The molecule has 0 aliphatic carbocycles. The highest BCUT2D eigenvalue weighted by atomic mass is 32.2. The van der Waals surface area contributed by atoms with Crippen molar-refractivity contribution in [2.45, 2.75) is 24.9 Å². The largest absolute Gasteiger partial charge is 0.482 e. The molecular formula is C21H20N4O4S. The number of amides is 2. The first-order valence-corrected chi connectivity index (χ1v) is 10.5. The Morgan fingerprint density at radius 2 is 2.13 bits per heavy atom. The van der Waals surface area contributed by atoms with Crippen molar-refractivity contribution in [3.63, 3.8) is 0 Å². The monoisotopic (exact) mass is 424 g/mol. The number of hydrogen-bond acceptors (Lipinski definition) is 7. The van der Waals surface area contributed by atoms with Gasteiger partial charge >= 0.3 is 0 Å². The number of thioether (sulfide) groups is 1. The van der Waals surface area contributed by atoms with Gasteiger partial charge in [-0.05, 0) is 49.9 Å². The first kappa shape index (κ1) is 20.0. The zero-order valence-electron chi connectivity index (χ0n) is 16.7. The van der Waals surface area contributed by atoms with Gasteiger partial charge in [-0.25, -0.2) is 9.97 Å². The van der Waals surface area contributed by atoms with Crippen LogP contribution in [0.4, 0.5) is 5.69 Å². The molecular weight excluding hydrogens is 404 g/mol. The molecule has 1 aromatic carbocycles. The summed E-state index contributed by atoms with van der Waals surface area (Å²) < 4.78 is 10.8. The van der Waals surface area contributed by atoms with E-state index in [-0.39, 0.29) is 24.5 Å². The Labute approximate surface area is 177 Å². The number of furan rings is 1. The fourth-order valence-electron chi connectivity index (χ4n) is 3.19. The lowest BCUT2D eigenvalue weighted by Crippen LogP contribution is -2.29. The molecule has 0 bridgehead atoms. The van der Waals surface area contributed by atoms with Gasteiger partial charge in [0.1, 0.15) is 10.8 Å². The molecule has 0 radical (unpaired) electrons. The minimum Gasteiger partial charge on any atom is -0.482 e. The van der Waals surface area contributed by atoms with Crippen molar-refractivity contribution in [3.05, 3.63) is 53.4 Å². The van der Waals surface area contributed by atoms with Crippen LogP contribution in [-0.4, -0.2) is 34.6 Å². The molecule has 3 aromatic rings. The minimum atomic E-state index is -0.305. The van der Waals surface area contributed by atoms with Gasteiger partial charge in [-0.2, -0.15) is 0 Å². The number of benzene rings is 1. The smallest absolute Gasteiger partial charge is 0.262 e. The molecule has 9 heteroatoms. The van der Waals surface area contributed by atoms with E-state index in [1.54, 1.807) is 37.5 Å². The predicted octanol–water partition coefficient (Wildman–Crippen LogP) is 3.59. The maximum absolute atomic E-state index is 13.0. The zero-order chi connectivity index (χ0) is 21.3. The fourth-order valence-corrected chi connectivity index (χ4v) is 3.82. The average molecular weight is 424 g/mol. The Hall–Kier alpha value is -3.33. The standard InChI is InChI=1S/C21H20N4O4S/c1-11(13-6-7-15-14(9-13)24-17(26)10-29-15)23-20(27)18-12(2)22-19(25-21(18)30-3)16-5-4-8-28-16/h4-9,11H,10H2,1-3H3,(H,23,27)(H,24,26). The third-order valence-corrected chi connectivity index (χ3v) is 5.38. The van der Waals surface area contributed by atoms with Crippen LogP contribution in [0.1, 0.15) is 34.6 Å². The lowest BCUT2D eigenvalue weighted by atomic mass is 10.1. The van der Waals surface area contributed by atoms with E-state index in [1.165, 1.54) is 11.8 Å². The van der Waals surface area contributed by atoms with E-state index in [9.17, 15) is 9.59 Å². The molecule has 0 saturated heterocycles. The molecule has 1 unspecified atom stereocenters. The minimum absolute atomic E-state index is 0.00335. The van der Waals surface area contributed by atoms with Crippen LogP contribution < -0.4 is 15.4 Å². The summed E-state index contributed by atoms with van der Waals surface area (Å²) in [5.74, 6) is 1.13. The van der Waals surface area contributed by atoms with Crippen LogP contribution in [0, 0.1) is 6.92 Å². The number of nitrogens with zero attached hydrogens (tertiary/aromatic N) is 2. The number of aromatic nitrogens is 2. The van der Waals surface area contributed by atoms with Crippen molar-refractivity contribution in [3.8, 4) is 17.3 Å². The molecule has 1 atom stereocenters. The number of carbonyl (C=O) groups excluding carboxylic acids is 2. The van der Waals surface area contributed by atoms with Crippen molar-refractivity contribution in [2.75, 3.05) is 18.2 Å². The molecule has 2 amide bonds. The second kappa shape index (κ2) is 8.19. The molecule has 0 saturated carbocycles. The number of anilines is 1. The molecule has 2 N–H and O–H groups in total. The molecule has 4 rings (SSSR count). The maximum Gasteiger partial charge on any atom is 0.262 e. The molecule has 1 aliphatic heterocycles. The van der Waals surface area contributed by atoms with Gasteiger partial charge in [0.15, 0.2) is 18.2 Å². The molecule has 3 heterocycles. The van der Waals surface area contributed by atoms with Crippen molar-refractivity contribution in [1.82, 2.24) is 15.3 Å². The Balaban J connectivity index is 1.58. The topological polar surface area (TPSA) is 106 Å². The second-order valence-corrected chi connectivity index (χ2v) is 7.58. The third-order valence-electron chi connectivity index (χ3n) is 4.70. The van der Waals surface area contributed by atoms with Crippen molar-refractivity contribution in [1.29, 1.82) is 0 Å². The van der Waals surface area contributed by atoms with E-state index >= 15 is 0 Å². The lowest BCUT2D eigenvalue weighted by molar-refractivity contribution is -0.118. The van der Waals surface area contributed by atoms with E-state index in [2.05, 4.69) is 20.6 Å². The van der Waals surface area contributed by atoms with Gasteiger partial charge in [0.2, 0.25) is 0 Å². The van der Waals surface area contributed by atoms with Crippen LogP contribution in [0.15, 0.2) is 46.0 Å². The van der Waals surface area contributed by atoms with Crippen LogP contribution in [0.25, 0.3) is 11.6 Å². The fraction of sp³-hybridized carbons (Fsp3) is 0.238. The number of aryl methyl sites for hydroxylation is 1. The lowest BCUT2D eigenvalue weighted by Gasteiger charge is -2.21. The first-order chi connectivity index (χ1) is 14.5. The van der Waals surface area contributed by atoms with Gasteiger partial charge in [0.05, 0.1) is 29.2 Å². The van der Waals surface area contributed by atoms with Crippen molar-refractivity contribution < 1.29 is 18.7 Å². The van der Waals surface area contributed by atoms with E-state index in [4.69, 9.17) is 9.15 Å². The highest BCUT2D eigenvalue weighted by Gasteiger charge is 2.23. The van der Waals surface area contributed by atoms with Crippen molar-refractivity contribution in [2.24, 2.45) is 0 Å². The van der Waals surface area contributed by atoms with Gasteiger partial charge in [0.25, 0.3) is 11.8 Å². The summed E-state index contributed by atoms with van der Waals surface area (Å²) in [6, 6.07) is 8.68. The van der Waals surface area contributed by atoms with Crippen LogP contribution >= 0.6 is 11.8 Å². The maximum atomic E-state index is 13.0. The summed E-state index contributed by atoms with van der Waals surface area (Å²) in [6.07, 6.45) is 3.42. The quantitative estimate of drug-likeness (QED) is 0.476. The third kappa shape index (κ3) is 3.88. The molecule has 8 nitrogen and oxygen atoms in total. The number of carbonyl (C=O) groups is 2. The summed E-state index contributed by atoms with van der Waals surface area (Å²) in [5, 5.41) is 6.34. The van der Waals surface area contributed by atoms with E-state index in [0.29, 0.717) is 39.3 Å². The zero-order valence-corrected chi connectivity index (χ0v) is 17.5. The molecule has 0 spiro atoms. The second-order valence-electron chi connectivity index (χ2n) is 6.78. The number of nitrogens with one attached hydrogen (secondary N) is 2. The van der Waals surface area contributed by atoms with Crippen LogP contribution in [0.5, 0.6) is 5.75 Å². The Bertz CT molecular complexity index is 1110. The van der Waals surface area contributed by atoms with Crippen LogP contribution in [-0.2, 0) is 4.79 Å². The van der Waals surface area contributed by atoms with Crippen LogP contribution in [0.2, 0.25) is 0 Å². The van der Waals surface area contributed by atoms with Gasteiger partial charge in [-0.15, -0.1) is 11.8 Å². The molecule has 0 fully saturated rings. The summed E-state index contributed by atoms with van der Waals surface area (Å²) in [6.45, 7) is 3.65. The Morgan fingerprint density at radius 3 is 2.87 bits per heavy atom. The summed E-state index contributed by atoms with van der Waals surface area (Å²) >= 11 is 1.37. The summed E-state index contributed by atoms with van der Waals surface area (Å²) in [4.78, 5) is 33.6. The molecule has 1 aliphatic rings. The first-order valence-electron chi connectivity index (χ1n) is 9.30. The van der Waals surface area contributed by atoms with E-state index in [0.717, 1.165) is 5.56 Å². The van der Waals surface area contributed by atoms with E-state index < -0.39 is 0 Å². The SMILES string of the molecule is CSc1nc(-c2ccco2)nc(C)c1C(=O)NC(C)c1ccc2c(c1)NC(=O)CO2. The Morgan fingerprint density at radius 1 is 1.30 bits per heavy atom. The van der Waals surface area contributed by atoms with Gasteiger partial charge in [-0.1, -0.05) is 6.07 Å². The van der Waals surface area contributed by atoms with Gasteiger partial charge in [-0.3, -0.25) is 9.59 Å². The average Bonchev–Trinajstić information content (AvgIpc) is 3.27. The van der Waals surface area contributed by atoms with E-state index in [1.807, 2.05) is 19.2 Å². The van der Waals surface area contributed by atoms with Gasteiger partial charge < -0.3 is 19.8 Å². The molecule has 30 heavy (non-hydrogen) atoms. The summed E-state index contributed by atoms with van der Waals surface area (Å²) in [7, 11) is 0. The van der Waals surface area contributed by atoms with Gasteiger partial charge in [0, 0.05) is 0 Å². The predicted molar refractivity (Wildman–Crippen MR) is 113 cm³/mol. The molecule has 2 aromatic heterocycles. The Kier molecular flexibility index (Phi) is 5.45. The number of fused-ring (bicyclic) bond motifs is 1. The van der Waals surface area contributed by atoms with Crippen LogP contribution in [0.3, 0.4) is 0 Å². The van der Waals surface area contributed by atoms with Crippen molar-refractivity contribution >= 4 is 29.3 Å². The summed E-state index contributed by atoms with van der Waals surface area (Å²) in [5.41, 5.74) is 2.43.